The number of furan rings is 1. The minimum Gasteiger partial charge on any atom is -0.465 e. The number of methoxy groups -OCH3 is 2. The monoisotopic (exact) mass is 282 g/mol. The van der Waals surface area contributed by atoms with Crippen LogP contribution in [0, 0.1) is 6.92 Å². The van der Waals surface area contributed by atoms with Crippen molar-refractivity contribution in [1.29, 1.82) is 0 Å². The second kappa shape index (κ2) is 6.72. The van der Waals surface area contributed by atoms with Gasteiger partial charge >= 0.3 is 0 Å². The zero-order chi connectivity index (χ0) is 14.7. The smallest absolute Gasteiger partial charge is 0.122 e. The standard InChI is InChI=1S/C15H26N2O3/c1-5-11(16)15(12-7-6-10(2)20-12)17-8-13(18-3)14(9-17)19-4/h6-7,11,13-15H,5,8-9,16H2,1-4H3. The number of likely N-dealkylation sites (tertiary alicyclic amines) is 1. The van der Waals surface area contributed by atoms with Crippen molar-refractivity contribution in [3.8, 4) is 0 Å². The van der Waals surface area contributed by atoms with E-state index in [4.69, 9.17) is 19.6 Å². The summed E-state index contributed by atoms with van der Waals surface area (Å²) >= 11 is 0. The third-order valence-corrected chi connectivity index (χ3v) is 4.17. The van der Waals surface area contributed by atoms with Gasteiger partial charge in [0.25, 0.3) is 0 Å². The van der Waals surface area contributed by atoms with Gasteiger partial charge in [0, 0.05) is 33.4 Å². The Morgan fingerprint density at radius 2 is 1.90 bits per heavy atom. The van der Waals surface area contributed by atoms with Crippen LogP contribution in [0.3, 0.4) is 0 Å². The second-order valence-electron chi connectivity index (χ2n) is 5.47. The zero-order valence-electron chi connectivity index (χ0n) is 12.8. The molecule has 5 nitrogen and oxygen atoms in total. The van der Waals surface area contributed by atoms with Crippen molar-refractivity contribution in [1.82, 2.24) is 4.90 Å². The van der Waals surface area contributed by atoms with Crippen LogP contribution in [0.2, 0.25) is 0 Å². The van der Waals surface area contributed by atoms with Gasteiger partial charge in [-0.25, -0.2) is 0 Å². The molecule has 2 N–H and O–H groups in total. The molecule has 0 radical (unpaired) electrons. The van der Waals surface area contributed by atoms with Crippen LogP contribution in [0.5, 0.6) is 0 Å². The van der Waals surface area contributed by atoms with Crippen LogP contribution >= 0.6 is 0 Å². The molecule has 1 fully saturated rings. The molecule has 1 aliphatic heterocycles. The summed E-state index contributed by atoms with van der Waals surface area (Å²) in [5, 5.41) is 0. The number of nitrogens with zero attached hydrogens (tertiary/aromatic N) is 1. The van der Waals surface area contributed by atoms with E-state index < -0.39 is 0 Å². The lowest BCUT2D eigenvalue weighted by molar-refractivity contribution is -0.00461. The number of hydrogen-bond donors (Lipinski definition) is 1. The zero-order valence-corrected chi connectivity index (χ0v) is 12.8. The fourth-order valence-corrected chi connectivity index (χ4v) is 2.95. The summed E-state index contributed by atoms with van der Waals surface area (Å²) in [7, 11) is 3.46. The molecule has 1 saturated heterocycles. The molecular formula is C15H26N2O3. The van der Waals surface area contributed by atoms with E-state index in [-0.39, 0.29) is 24.3 Å². The highest BCUT2D eigenvalue weighted by Gasteiger charge is 2.39. The van der Waals surface area contributed by atoms with Crippen molar-refractivity contribution in [2.45, 2.75) is 44.6 Å². The Bertz CT molecular complexity index is 409. The predicted octanol–water partition coefficient (Wildman–Crippen LogP) is 1.71. The van der Waals surface area contributed by atoms with Gasteiger partial charge in [0.2, 0.25) is 0 Å². The third kappa shape index (κ3) is 3.06. The average molecular weight is 282 g/mol. The van der Waals surface area contributed by atoms with Crippen molar-refractivity contribution in [2.75, 3.05) is 27.3 Å². The molecule has 5 heteroatoms. The molecule has 1 aliphatic rings. The van der Waals surface area contributed by atoms with Crippen LogP contribution in [0.15, 0.2) is 16.5 Å². The highest BCUT2D eigenvalue weighted by atomic mass is 16.5. The molecule has 2 rings (SSSR count). The summed E-state index contributed by atoms with van der Waals surface area (Å²) in [5.41, 5.74) is 6.33. The summed E-state index contributed by atoms with van der Waals surface area (Å²) in [4.78, 5) is 2.31. The summed E-state index contributed by atoms with van der Waals surface area (Å²) < 4.78 is 16.8. The number of nitrogens with two attached hydrogens (primary N) is 1. The van der Waals surface area contributed by atoms with Crippen LogP contribution in [-0.4, -0.2) is 50.5 Å². The van der Waals surface area contributed by atoms with Crippen molar-refractivity contribution in [3.63, 3.8) is 0 Å². The van der Waals surface area contributed by atoms with Crippen molar-refractivity contribution in [3.05, 3.63) is 23.7 Å². The Balaban J connectivity index is 2.20. The average Bonchev–Trinajstić information content (AvgIpc) is 3.05. The summed E-state index contributed by atoms with van der Waals surface area (Å²) in [6, 6.07) is 4.13. The Morgan fingerprint density at radius 1 is 1.30 bits per heavy atom. The van der Waals surface area contributed by atoms with Crippen molar-refractivity contribution < 1.29 is 13.9 Å². The van der Waals surface area contributed by atoms with Gasteiger partial charge < -0.3 is 19.6 Å². The quantitative estimate of drug-likeness (QED) is 0.860. The van der Waals surface area contributed by atoms with Gasteiger partial charge in [-0.1, -0.05) is 6.92 Å². The molecule has 0 saturated carbocycles. The van der Waals surface area contributed by atoms with Gasteiger partial charge in [-0.2, -0.15) is 0 Å². The van der Waals surface area contributed by atoms with E-state index in [1.165, 1.54) is 0 Å². The van der Waals surface area contributed by atoms with Gasteiger partial charge in [0.05, 0.1) is 18.2 Å². The SMILES string of the molecule is CCC(N)C(c1ccc(C)o1)N1CC(OC)C(OC)C1. The summed E-state index contributed by atoms with van der Waals surface area (Å²) in [5.74, 6) is 1.85. The molecule has 1 aromatic heterocycles. The first-order chi connectivity index (χ1) is 9.60. The molecule has 1 aromatic rings. The van der Waals surface area contributed by atoms with E-state index in [2.05, 4.69) is 11.8 Å². The van der Waals surface area contributed by atoms with E-state index >= 15 is 0 Å². The summed E-state index contributed by atoms with van der Waals surface area (Å²) in [6.45, 7) is 5.68. The fraction of sp³-hybridized carbons (Fsp3) is 0.733. The number of rotatable bonds is 6. The minimum atomic E-state index is 0.0358. The Labute approximate surface area is 121 Å². The first-order valence-corrected chi connectivity index (χ1v) is 7.22. The first-order valence-electron chi connectivity index (χ1n) is 7.22. The van der Waals surface area contributed by atoms with E-state index in [9.17, 15) is 0 Å². The van der Waals surface area contributed by atoms with E-state index in [1.807, 2.05) is 19.1 Å². The van der Waals surface area contributed by atoms with Gasteiger partial charge in [-0.15, -0.1) is 0 Å². The molecule has 0 aliphatic carbocycles. The van der Waals surface area contributed by atoms with E-state index in [1.54, 1.807) is 14.2 Å². The Kier molecular flexibility index (Phi) is 5.21. The molecule has 0 bridgehead atoms. The van der Waals surface area contributed by atoms with Gasteiger partial charge in [-0.05, 0) is 25.5 Å². The van der Waals surface area contributed by atoms with Crippen LogP contribution in [0.25, 0.3) is 0 Å². The number of ether oxygens (including phenoxy) is 2. The highest BCUT2D eigenvalue weighted by molar-refractivity contribution is 5.13. The molecule has 20 heavy (non-hydrogen) atoms. The van der Waals surface area contributed by atoms with Gasteiger partial charge in [-0.3, -0.25) is 4.90 Å². The molecule has 4 atom stereocenters. The summed E-state index contributed by atoms with van der Waals surface area (Å²) in [6.07, 6.45) is 1.07. The Hall–Kier alpha value is -0.880. The molecule has 114 valence electrons. The normalized spacial score (nSPS) is 26.9. The number of aryl methyl sites for hydroxylation is 1. The lowest BCUT2D eigenvalue weighted by Crippen LogP contribution is -2.40. The topological polar surface area (TPSA) is 60.9 Å². The van der Waals surface area contributed by atoms with E-state index in [0.29, 0.717) is 0 Å². The molecule has 0 spiro atoms. The van der Waals surface area contributed by atoms with Crippen LogP contribution < -0.4 is 5.73 Å². The molecule has 2 heterocycles. The molecule has 0 aromatic carbocycles. The third-order valence-electron chi connectivity index (χ3n) is 4.17. The molecule has 0 amide bonds. The highest BCUT2D eigenvalue weighted by Crippen LogP contribution is 2.31. The molecule has 4 unspecified atom stereocenters. The predicted molar refractivity (Wildman–Crippen MR) is 77.6 cm³/mol. The Morgan fingerprint density at radius 3 is 2.30 bits per heavy atom. The molecular weight excluding hydrogens is 256 g/mol. The lowest BCUT2D eigenvalue weighted by Gasteiger charge is -2.30. The van der Waals surface area contributed by atoms with Crippen LogP contribution in [0.4, 0.5) is 0 Å². The van der Waals surface area contributed by atoms with Crippen LogP contribution in [0.1, 0.15) is 30.9 Å². The fourth-order valence-electron chi connectivity index (χ4n) is 2.95. The van der Waals surface area contributed by atoms with Crippen molar-refractivity contribution in [2.24, 2.45) is 5.73 Å². The van der Waals surface area contributed by atoms with Gasteiger partial charge in [0.15, 0.2) is 0 Å². The largest absolute Gasteiger partial charge is 0.465 e. The maximum absolute atomic E-state index is 6.33. The second-order valence-corrected chi connectivity index (χ2v) is 5.47. The van der Waals surface area contributed by atoms with Gasteiger partial charge in [0.1, 0.15) is 11.5 Å². The minimum absolute atomic E-state index is 0.0358. The van der Waals surface area contributed by atoms with Crippen LogP contribution in [-0.2, 0) is 9.47 Å². The lowest BCUT2D eigenvalue weighted by atomic mass is 10.0. The van der Waals surface area contributed by atoms with E-state index in [0.717, 1.165) is 31.0 Å². The maximum atomic E-state index is 6.33. The maximum Gasteiger partial charge on any atom is 0.122 e. The first kappa shape index (κ1) is 15.5. The van der Waals surface area contributed by atoms with Crippen molar-refractivity contribution >= 4 is 0 Å². The number of hydrogen-bond acceptors (Lipinski definition) is 5.